The van der Waals surface area contributed by atoms with Gasteiger partial charge >= 0.3 is 0 Å². The number of benzene rings is 2. The minimum absolute atomic E-state index is 0.171. The van der Waals surface area contributed by atoms with Crippen molar-refractivity contribution in [1.29, 1.82) is 0 Å². The highest BCUT2D eigenvalue weighted by atomic mass is 17.0. The highest BCUT2D eigenvalue weighted by Gasteiger charge is 2.34. The van der Waals surface area contributed by atoms with Crippen molar-refractivity contribution >= 4 is 0 Å². The Labute approximate surface area is 235 Å². The molecule has 1 unspecified atom stereocenters. The van der Waals surface area contributed by atoms with Gasteiger partial charge in [-0.3, -0.25) is 4.84 Å². The van der Waals surface area contributed by atoms with E-state index in [0.717, 1.165) is 25.1 Å². The van der Waals surface area contributed by atoms with Gasteiger partial charge in [0.05, 0.1) is 0 Å². The molecule has 0 aliphatic rings. The average Bonchev–Trinajstić information content (AvgIpc) is 2.92. The molecular weight excluding hydrogens is 466 g/mol. The van der Waals surface area contributed by atoms with Gasteiger partial charge in [0.1, 0.15) is 13.2 Å². The molecule has 0 heterocycles. The summed E-state index contributed by atoms with van der Waals surface area (Å²) in [5.41, 5.74) is 6.83. The van der Waals surface area contributed by atoms with Crippen LogP contribution in [0.2, 0.25) is 0 Å². The van der Waals surface area contributed by atoms with E-state index in [-0.39, 0.29) is 4.81 Å². The Bertz CT molecular complexity index is 909. The van der Waals surface area contributed by atoms with E-state index in [1.54, 1.807) is 0 Å². The number of rotatable bonds is 21. The predicted octanol–water partition coefficient (Wildman–Crippen LogP) is 10.4. The third-order valence-corrected chi connectivity index (χ3v) is 8.05. The standard InChI is InChI=1S/C35H58NO2/c1-7-11-13-15-17-19-24-32-25-22-28-35(34(32)27-20-18-16-14-12-8-2)38-36(9-3,37-10-4)29-33-26-21-23-30(5)31(33)6/h21-23,25-26,28H,7-20,24,27,29H2,1-6H3/q+1. The molecule has 0 fully saturated rings. The van der Waals surface area contributed by atoms with Gasteiger partial charge in [0.25, 0.3) is 0 Å². The molecule has 214 valence electrons. The van der Waals surface area contributed by atoms with E-state index in [0.29, 0.717) is 13.2 Å². The van der Waals surface area contributed by atoms with Gasteiger partial charge in [-0.1, -0.05) is 108 Å². The number of nitrogens with zero attached hydrogens (tertiary/aromatic N) is 1. The van der Waals surface area contributed by atoms with Crippen molar-refractivity contribution < 1.29 is 14.5 Å². The summed E-state index contributed by atoms with van der Waals surface area (Å²) >= 11 is 0. The third-order valence-electron chi connectivity index (χ3n) is 8.05. The molecule has 0 aliphatic heterocycles. The molecule has 0 N–H and O–H groups in total. The Morgan fingerprint density at radius 1 is 0.632 bits per heavy atom. The summed E-state index contributed by atoms with van der Waals surface area (Å²) in [6, 6.07) is 13.3. The second kappa shape index (κ2) is 18.4. The van der Waals surface area contributed by atoms with Crippen LogP contribution >= 0.6 is 0 Å². The van der Waals surface area contributed by atoms with Crippen LogP contribution in [-0.4, -0.2) is 18.0 Å². The number of hydrogen-bond acceptors (Lipinski definition) is 2. The van der Waals surface area contributed by atoms with E-state index in [9.17, 15) is 0 Å². The lowest BCUT2D eigenvalue weighted by Crippen LogP contribution is -2.50. The van der Waals surface area contributed by atoms with Gasteiger partial charge in [0, 0.05) is 15.9 Å². The monoisotopic (exact) mass is 524 g/mol. The van der Waals surface area contributed by atoms with E-state index in [2.05, 4.69) is 77.9 Å². The molecule has 38 heavy (non-hydrogen) atoms. The summed E-state index contributed by atoms with van der Waals surface area (Å²) in [4.78, 5) is 13.5. The molecule has 2 aromatic carbocycles. The fourth-order valence-electron chi connectivity index (χ4n) is 5.42. The molecule has 1 atom stereocenters. The smallest absolute Gasteiger partial charge is 0.198 e. The molecule has 0 saturated carbocycles. The zero-order chi connectivity index (χ0) is 27.6. The third kappa shape index (κ3) is 10.7. The van der Waals surface area contributed by atoms with Crippen molar-refractivity contribution in [3.63, 3.8) is 0 Å². The molecular formula is C35H58NO2+. The Balaban J connectivity index is 2.27. The van der Waals surface area contributed by atoms with E-state index in [1.165, 1.54) is 105 Å². The summed E-state index contributed by atoms with van der Waals surface area (Å²) in [6.45, 7) is 15.3. The molecule has 2 aromatic rings. The normalized spacial score (nSPS) is 13.0. The van der Waals surface area contributed by atoms with Crippen LogP contribution in [-0.2, 0) is 24.2 Å². The lowest BCUT2D eigenvalue weighted by atomic mass is 9.95. The van der Waals surface area contributed by atoms with Gasteiger partial charge in [-0.25, -0.2) is 0 Å². The zero-order valence-corrected chi connectivity index (χ0v) is 25.7. The minimum atomic E-state index is 0.171. The summed E-state index contributed by atoms with van der Waals surface area (Å²) < 4.78 is 0. The fraction of sp³-hybridized carbons (Fsp3) is 0.657. The number of hydroxylamine groups is 4. The molecule has 0 aliphatic carbocycles. The number of quaternary nitrogens is 1. The van der Waals surface area contributed by atoms with Gasteiger partial charge in [-0.2, -0.15) is 4.84 Å². The first kappa shape index (κ1) is 32.4. The Hall–Kier alpha value is -1.84. The van der Waals surface area contributed by atoms with Gasteiger partial charge in [-0.05, 0) is 76.1 Å². The number of aryl methyl sites for hydroxylation is 2. The first-order valence-corrected chi connectivity index (χ1v) is 15.9. The van der Waals surface area contributed by atoms with E-state index < -0.39 is 0 Å². The Morgan fingerprint density at radius 2 is 1.21 bits per heavy atom. The summed E-state index contributed by atoms with van der Waals surface area (Å²) in [5.74, 6) is 1.02. The molecule has 0 spiro atoms. The van der Waals surface area contributed by atoms with Crippen molar-refractivity contribution in [2.75, 3.05) is 13.2 Å². The van der Waals surface area contributed by atoms with E-state index >= 15 is 0 Å². The first-order valence-electron chi connectivity index (χ1n) is 15.9. The van der Waals surface area contributed by atoms with Crippen molar-refractivity contribution in [2.45, 2.75) is 138 Å². The maximum Gasteiger partial charge on any atom is 0.198 e. The summed E-state index contributed by atoms with van der Waals surface area (Å²) in [6.07, 6.45) is 18.1. The SMILES string of the molecule is CCCCCCCCc1cccc(O[N+](CC)(Cc2cccc(C)c2C)OCC)c1CCCCCCCC. The topological polar surface area (TPSA) is 18.5 Å². The minimum Gasteiger partial charge on any atom is -0.280 e. The molecule has 2 rings (SSSR count). The lowest BCUT2D eigenvalue weighted by molar-refractivity contribution is -1.23. The van der Waals surface area contributed by atoms with Gasteiger partial charge in [0.2, 0.25) is 0 Å². The second-order valence-corrected chi connectivity index (χ2v) is 11.1. The van der Waals surface area contributed by atoms with Crippen LogP contribution < -0.4 is 4.84 Å². The van der Waals surface area contributed by atoms with Crippen LogP contribution in [0.1, 0.15) is 133 Å². The molecule has 3 nitrogen and oxygen atoms in total. The highest BCUT2D eigenvalue weighted by Crippen LogP contribution is 2.31. The molecule has 3 heteroatoms. The largest absolute Gasteiger partial charge is 0.280 e. The molecule has 0 amide bonds. The summed E-state index contributed by atoms with van der Waals surface area (Å²) in [7, 11) is 0. The first-order chi connectivity index (χ1) is 18.5. The van der Waals surface area contributed by atoms with Gasteiger partial charge < -0.3 is 0 Å². The van der Waals surface area contributed by atoms with E-state index in [4.69, 9.17) is 9.68 Å². The Kier molecular flexibility index (Phi) is 15.7. The molecule has 0 bridgehead atoms. The highest BCUT2D eigenvalue weighted by molar-refractivity contribution is 5.40. The maximum atomic E-state index is 6.93. The predicted molar refractivity (Wildman–Crippen MR) is 163 cm³/mol. The van der Waals surface area contributed by atoms with Crippen molar-refractivity contribution in [2.24, 2.45) is 0 Å². The maximum absolute atomic E-state index is 6.93. The second-order valence-electron chi connectivity index (χ2n) is 11.1. The van der Waals surface area contributed by atoms with Gasteiger partial charge in [-0.15, -0.1) is 0 Å². The van der Waals surface area contributed by atoms with Gasteiger partial charge in [0.15, 0.2) is 12.3 Å². The van der Waals surface area contributed by atoms with Crippen molar-refractivity contribution in [3.05, 3.63) is 64.2 Å². The van der Waals surface area contributed by atoms with Crippen LogP contribution in [0.15, 0.2) is 36.4 Å². The lowest BCUT2D eigenvalue weighted by Gasteiger charge is -2.33. The number of hydrogen-bond donors (Lipinski definition) is 0. The van der Waals surface area contributed by atoms with Crippen LogP contribution in [0.5, 0.6) is 5.75 Å². The van der Waals surface area contributed by atoms with E-state index in [1.807, 2.05) is 0 Å². The summed E-state index contributed by atoms with van der Waals surface area (Å²) in [5, 5.41) is 0. The molecule has 0 aromatic heterocycles. The van der Waals surface area contributed by atoms with Crippen LogP contribution in [0, 0.1) is 13.8 Å². The molecule has 0 radical (unpaired) electrons. The van der Waals surface area contributed by atoms with Crippen LogP contribution in [0.25, 0.3) is 0 Å². The zero-order valence-electron chi connectivity index (χ0n) is 25.7. The fourth-order valence-corrected chi connectivity index (χ4v) is 5.42. The number of unbranched alkanes of at least 4 members (excludes halogenated alkanes) is 10. The quantitative estimate of drug-likeness (QED) is 0.0918. The van der Waals surface area contributed by atoms with Crippen LogP contribution in [0.3, 0.4) is 0 Å². The average molecular weight is 525 g/mol. The van der Waals surface area contributed by atoms with Crippen molar-refractivity contribution in [3.8, 4) is 5.75 Å². The molecule has 0 saturated heterocycles. The van der Waals surface area contributed by atoms with Crippen LogP contribution in [0.4, 0.5) is 0 Å². The van der Waals surface area contributed by atoms with Crippen molar-refractivity contribution in [1.82, 2.24) is 0 Å². The Morgan fingerprint density at radius 3 is 1.84 bits per heavy atom.